The molecule has 1 aliphatic carbocycles. The monoisotopic (exact) mass is 442 g/mol. The van der Waals surface area contributed by atoms with Crippen molar-refractivity contribution in [2.24, 2.45) is 11.8 Å². The average Bonchev–Trinajstić information content (AvgIpc) is 2.74. The molecule has 3 rings (SSSR count). The number of piperidine rings is 1. The van der Waals surface area contributed by atoms with E-state index in [1.54, 1.807) is 0 Å². The van der Waals surface area contributed by atoms with Crippen molar-refractivity contribution in [3.63, 3.8) is 0 Å². The lowest BCUT2D eigenvalue weighted by molar-refractivity contribution is -0.137. The van der Waals surface area contributed by atoms with Crippen molar-refractivity contribution in [1.82, 2.24) is 9.88 Å². The lowest BCUT2D eigenvalue weighted by Crippen LogP contribution is -2.41. The van der Waals surface area contributed by atoms with Crippen LogP contribution in [0.25, 0.3) is 0 Å². The maximum absolute atomic E-state index is 12.8. The van der Waals surface area contributed by atoms with Crippen LogP contribution in [-0.2, 0) is 11.0 Å². The zero-order chi connectivity index (χ0) is 21.7. The molecule has 1 amide bonds. The number of rotatable bonds is 6. The summed E-state index contributed by atoms with van der Waals surface area (Å²) in [7, 11) is 0. The number of carbonyl (C=O) groups is 1. The number of halogens is 4. The summed E-state index contributed by atoms with van der Waals surface area (Å²) in [5.41, 5.74) is -0.849. The quantitative estimate of drug-likeness (QED) is 0.588. The van der Waals surface area contributed by atoms with Crippen molar-refractivity contribution in [2.45, 2.75) is 57.2 Å². The second-order valence-corrected chi connectivity index (χ2v) is 8.66. The third-order valence-electron chi connectivity index (χ3n) is 6.25. The van der Waals surface area contributed by atoms with E-state index in [1.165, 1.54) is 0 Å². The highest BCUT2D eigenvalue weighted by atomic mass is 35.5. The number of carbonyl (C=O) groups excluding carboxylic acids is 1. The molecule has 1 aliphatic heterocycles. The normalized spacial score (nSPS) is 24.9. The molecule has 1 saturated carbocycles. The second kappa shape index (κ2) is 9.86. The Hall–Kier alpha value is -2.01. The largest absolute Gasteiger partial charge is 0.417 e. The maximum Gasteiger partial charge on any atom is 0.417 e. The Morgan fingerprint density at radius 2 is 2.03 bits per heavy atom. The molecule has 2 heterocycles. The fraction of sp³-hybridized carbons (Fsp3) is 0.667. The van der Waals surface area contributed by atoms with E-state index < -0.39 is 11.7 Å². The number of pyridine rings is 1. The highest BCUT2D eigenvalue weighted by Gasteiger charge is 2.33. The predicted octanol–water partition coefficient (Wildman–Crippen LogP) is 4.90. The zero-order valence-corrected chi connectivity index (χ0v) is 17.5. The first kappa shape index (κ1) is 22.7. The van der Waals surface area contributed by atoms with Crippen LogP contribution in [0, 0.1) is 23.2 Å². The van der Waals surface area contributed by atoms with Gasteiger partial charge in [0.25, 0.3) is 0 Å². The van der Waals surface area contributed by atoms with Gasteiger partial charge in [-0.05, 0) is 56.9 Å². The Morgan fingerprint density at radius 3 is 2.63 bits per heavy atom. The zero-order valence-electron chi connectivity index (χ0n) is 16.7. The van der Waals surface area contributed by atoms with Crippen LogP contribution in [0.2, 0.25) is 5.02 Å². The Labute approximate surface area is 179 Å². The van der Waals surface area contributed by atoms with Crippen molar-refractivity contribution in [2.75, 3.05) is 24.5 Å². The molecular weight excluding hydrogens is 417 g/mol. The first-order valence-corrected chi connectivity index (χ1v) is 10.8. The molecule has 0 N–H and O–H groups in total. The van der Waals surface area contributed by atoms with Gasteiger partial charge in [-0.1, -0.05) is 11.6 Å². The van der Waals surface area contributed by atoms with Crippen molar-refractivity contribution in [3.05, 3.63) is 22.8 Å². The summed E-state index contributed by atoms with van der Waals surface area (Å²) in [6.07, 6.45) is 3.39. The summed E-state index contributed by atoms with van der Waals surface area (Å²) in [6.45, 7) is 2.01. The molecule has 5 nitrogen and oxygen atoms in total. The van der Waals surface area contributed by atoms with Crippen LogP contribution in [-0.4, -0.2) is 42.0 Å². The molecule has 0 radical (unpaired) electrons. The molecule has 30 heavy (non-hydrogen) atoms. The maximum atomic E-state index is 12.8. The fourth-order valence-corrected chi connectivity index (χ4v) is 4.79. The van der Waals surface area contributed by atoms with Gasteiger partial charge in [-0.3, -0.25) is 4.79 Å². The van der Waals surface area contributed by atoms with Gasteiger partial charge < -0.3 is 9.80 Å². The first-order chi connectivity index (χ1) is 14.3. The number of alkyl halides is 3. The predicted molar refractivity (Wildman–Crippen MR) is 108 cm³/mol. The SMILES string of the molecule is N#CC1CCC(N(C=O)CCC2CCCN(c3ncc(C(F)(F)F)cc3Cl)C2)CC1. The van der Waals surface area contributed by atoms with Gasteiger partial charge in [0.1, 0.15) is 5.82 Å². The molecule has 1 aromatic heterocycles. The molecule has 164 valence electrons. The number of amides is 1. The van der Waals surface area contributed by atoms with E-state index in [-0.39, 0.29) is 17.0 Å². The van der Waals surface area contributed by atoms with E-state index in [2.05, 4.69) is 11.1 Å². The van der Waals surface area contributed by atoms with Crippen molar-refractivity contribution in [1.29, 1.82) is 5.26 Å². The number of anilines is 1. The Morgan fingerprint density at radius 1 is 1.30 bits per heavy atom. The standard InChI is InChI=1S/C21H26ClF3N4O/c22-19-10-17(21(23,24)25)12-27-20(19)28-8-1-2-16(13-28)7-9-29(14-30)18-5-3-15(11-26)4-6-18/h10,12,14-16,18H,1-9,13H2. The van der Waals surface area contributed by atoms with E-state index in [0.717, 1.165) is 63.6 Å². The number of hydrogen-bond donors (Lipinski definition) is 0. The van der Waals surface area contributed by atoms with Gasteiger partial charge in [0.15, 0.2) is 0 Å². The minimum atomic E-state index is -4.47. The van der Waals surface area contributed by atoms with Gasteiger partial charge in [-0.15, -0.1) is 0 Å². The van der Waals surface area contributed by atoms with Crippen molar-refractivity contribution >= 4 is 23.8 Å². The molecular formula is C21H26ClF3N4O. The Bertz CT molecular complexity index is 774. The fourth-order valence-electron chi connectivity index (χ4n) is 4.50. The van der Waals surface area contributed by atoms with Crippen LogP contribution in [0.3, 0.4) is 0 Å². The molecule has 0 spiro atoms. The lowest BCUT2D eigenvalue weighted by atomic mass is 9.86. The highest BCUT2D eigenvalue weighted by Crippen LogP contribution is 2.35. The van der Waals surface area contributed by atoms with Crippen LogP contribution in [0.15, 0.2) is 12.3 Å². The van der Waals surface area contributed by atoms with Crippen LogP contribution in [0.4, 0.5) is 19.0 Å². The molecule has 2 fully saturated rings. The molecule has 1 atom stereocenters. The number of hydrogen-bond acceptors (Lipinski definition) is 4. The highest BCUT2D eigenvalue weighted by molar-refractivity contribution is 6.33. The van der Waals surface area contributed by atoms with E-state index in [1.807, 2.05) is 9.80 Å². The summed E-state index contributed by atoms with van der Waals surface area (Å²) in [5.74, 6) is 0.802. The van der Waals surface area contributed by atoms with Gasteiger partial charge in [0, 0.05) is 37.8 Å². The van der Waals surface area contributed by atoms with Crippen molar-refractivity contribution < 1.29 is 18.0 Å². The summed E-state index contributed by atoms with van der Waals surface area (Å²) < 4.78 is 38.5. The van der Waals surface area contributed by atoms with Gasteiger partial charge in [0.2, 0.25) is 6.41 Å². The first-order valence-electron chi connectivity index (χ1n) is 10.4. The molecule has 2 aliphatic rings. The van der Waals surface area contributed by atoms with Crippen LogP contribution < -0.4 is 4.90 Å². The Kier molecular flexibility index (Phi) is 7.45. The lowest BCUT2D eigenvalue weighted by Gasteiger charge is -2.37. The minimum absolute atomic E-state index is 0.00856. The Balaban J connectivity index is 1.56. The van der Waals surface area contributed by atoms with Gasteiger partial charge in [-0.2, -0.15) is 18.4 Å². The van der Waals surface area contributed by atoms with E-state index in [9.17, 15) is 18.0 Å². The van der Waals surface area contributed by atoms with E-state index >= 15 is 0 Å². The smallest absolute Gasteiger partial charge is 0.355 e. The molecule has 1 unspecified atom stereocenters. The third-order valence-corrected chi connectivity index (χ3v) is 6.52. The summed E-state index contributed by atoms with van der Waals surface area (Å²) >= 11 is 6.11. The molecule has 1 saturated heterocycles. The van der Waals surface area contributed by atoms with Crippen LogP contribution >= 0.6 is 11.6 Å². The number of aromatic nitrogens is 1. The van der Waals surface area contributed by atoms with Gasteiger partial charge in [-0.25, -0.2) is 4.98 Å². The van der Waals surface area contributed by atoms with Crippen LogP contribution in [0.1, 0.15) is 50.5 Å². The topological polar surface area (TPSA) is 60.2 Å². The van der Waals surface area contributed by atoms with Gasteiger partial charge in [0.05, 0.1) is 16.7 Å². The molecule has 1 aromatic rings. The molecule has 0 aromatic carbocycles. The second-order valence-electron chi connectivity index (χ2n) is 8.25. The summed E-state index contributed by atoms with van der Waals surface area (Å²) in [6, 6.07) is 3.43. The van der Waals surface area contributed by atoms with Crippen LogP contribution in [0.5, 0.6) is 0 Å². The van der Waals surface area contributed by atoms with Crippen molar-refractivity contribution in [3.8, 4) is 6.07 Å². The molecule has 0 bridgehead atoms. The van der Waals surface area contributed by atoms with E-state index in [0.29, 0.717) is 31.4 Å². The van der Waals surface area contributed by atoms with E-state index in [4.69, 9.17) is 16.9 Å². The summed E-state index contributed by atoms with van der Waals surface area (Å²) in [5, 5.41) is 9.04. The molecule has 9 heteroatoms. The number of nitrogens with zero attached hydrogens (tertiary/aromatic N) is 4. The number of nitriles is 1. The van der Waals surface area contributed by atoms with Gasteiger partial charge >= 0.3 is 6.18 Å². The summed E-state index contributed by atoms with van der Waals surface area (Å²) in [4.78, 5) is 19.4. The minimum Gasteiger partial charge on any atom is -0.355 e. The third kappa shape index (κ3) is 5.57. The average molecular weight is 443 g/mol.